The summed E-state index contributed by atoms with van der Waals surface area (Å²) >= 11 is 1.34. The summed E-state index contributed by atoms with van der Waals surface area (Å²) in [7, 11) is 0. The van der Waals surface area contributed by atoms with E-state index in [4.69, 9.17) is 14.6 Å². The maximum Gasteiger partial charge on any atom is 0.490 e. The van der Waals surface area contributed by atoms with Gasteiger partial charge in [0.2, 0.25) is 5.88 Å². The van der Waals surface area contributed by atoms with Crippen LogP contribution >= 0.6 is 11.3 Å². The van der Waals surface area contributed by atoms with Gasteiger partial charge in [-0.2, -0.15) is 13.2 Å². The average molecular weight is 584 g/mol. The molecule has 5 rings (SSSR count). The maximum absolute atomic E-state index is 14.7. The van der Waals surface area contributed by atoms with Crippen molar-refractivity contribution in [2.75, 3.05) is 13.1 Å². The number of hydrogen-bond donors (Lipinski definition) is 1. The lowest BCUT2D eigenvalue weighted by molar-refractivity contribution is -0.192. The Morgan fingerprint density at radius 2 is 1.82 bits per heavy atom. The first-order valence-corrected chi connectivity index (χ1v) is 12.5. The molecule has 2 aromatic heterocycles. The van der Waals surface area contributed by atoms with E-state index in [0.29, 0.717) is 16.8 Å². The van der Waals surface area contributed by atoms with E-state index in [0.717, 1.165) is 11.5 Å². The fraction of sp³-hybridized carbons (Fsp3) is 0.231. The standard InChI is InChI=1S/C24H18F3N3O2S.C2HF3O2/c25-16-6-7-17(20-13-33-14-28-20)18(11-16)23(31)30-10-9-24(26,27)21(12-30)32-22-8-5-15-3-1-2-4-19(15)29-22;3-2(4,5)1(6)7/h1-8,11,13-14,21H,9-10,12H2;(H,6,7). The average Bonchev–Trinajstić information content (AvgIpc) is 3.44. The first-order chi connectivity index (χ1) is 18.8. The van der Waals surface area contributed by atoms with Crippen molar-refractivity contribution >= 4 is 34.1 Å². The van der Waals surface area contributed by atoms with Gasteiger partial charge in [0.05, 0.1) is 28.8 Å². The predicted octanol–water partition coefficient (Wildman–Crippen LogP) is 6.06. The Bertz CT molecular complexity index is 1510. The number of pyridine rings is 1. The Balaban J connectivity index is 0.000000470. The quantitative estimate of drug-likeness (QED) is 0.294. The highest BCUT2D eigenvalue weighted by Gasteiger charge is 2.47. The lowest BCUT2D eigenvalue weighted by Crippen LogP contribution is -2.55. The maximum atomic E-state index is 14.7. The number of ether oxygens (including phenoxy) is 1. The number of benzene rings is 2. The SMILES string of the molecule is O=C(O)C(F)(F)F.O=C(c1cc(F)ccc1-c1cscn1)N1CCC(F)(F)C(Oc2ccc3ccccc3n2)C1. The van der Waals surface area contributed by atoms with Gasteiger partial charge in [-0.1, -0.05) is 18.2 Å². The molecule has 1 atom stereocenters. The summed E-state index contributed by atoms with van der Waals surface area (Å²) in [6.07, 6.45) is -7.24. The number of halogens is 6. The van der Waals surface area contributed by atoms with Gasteiger partial charge in [-0.05, 0) is 30.3 Å². The summed E-state index contributed by atoms with van der Waals surface area (Å²) in [6.45, 7) is -0.531. The highest BCUT2D eigenvalue weighted by molar-refractivity contribution is 7.07. The van der Waals surface area contributed by atoms with Crippen LogP contribution in [0.15, 0.2) is 65.5 Å². The second kappa shape index (κ2) is 11.5. The molecular formula is C26H19F6N3O4S. The number of likely N-dealkylation sites (tertiary alicyclic amines) is 1. The zero-order valence-corrected chi connectivity index (χ0v) is 21.1. The van der Waals surface area contributed by atoms with E-state index < -0.39 is 42.3 Å². The Hall–Kier alpha value is -4.20. The van der Waals surface area contributed by atoms with E-state index in [1.165, 1.54) is 34.4 Å². The van der Waals surface area contributed by atoms with Gasteiger partial charge >= 0.3 is 12.1 Å². The molecule has 4 aromatic rings. The Morgan fingerprint density at radius 3 is 2.50 bits per heavy atom. The highest BCUT2D eigenvalue weighted by atomic mass is 32.1. The smallest absolute Gasteiger partial charge is 0.475 e. The number of piperidine rings is 1. The van der Waals surface area contributed by atoms with Crippen LogP contribution in [0.1, 0.15) is 16.8 Å². The van der Waals surface area contributed by atoms with Gasteiger partial charge in [0.1, 0.15) is 5.82 Å². The molecule has 7 nitrogen and oxygen atoms in total. The van der Waals surface area contributed by atoms with Crippen molar-refractivity contribution in [3.63, 3.8) is 0 Å². The molecule has 0 aliphatic carbocycles. The molecule has 210 valence electrons. The van der Waals surface area contributed by atoms with E-state index in [9.17, 15) is 31.1 Å². The van der Waals surface area contributed by atoms with E-state index in [1.54, 1.807) is 29.1 Å². The Kier molecular flexibility index (Phi) is 8.28. The van der Waals surface area contributed by atoms with Gasteiger partial charge in [-0.25, -0.2) is 27.9 Å². The van der Waals surface area contributed by atoms with Crippen LogP contribution in [0.5, 0.6) is 5.88 Å². The third-order valence-corrected chi connectivity index (χ3v) is 6.44. The monoisotopic (exact) mass is 583 g/mol. The summed E-state index contributed by atoms with van der Waals surface area (Å²) in [5.74, 6) is -6.99. The number of para-hydroxylation sites is 1. The summed E-state index contributed by atoms with van der Waals surface area (Å²) in [6, 6.07) is 14.4. The molecule has 0 saturated carbocycles. The number of carboxylic acids is 1. The van der Waals surface area contributed by atoms with Crippen molar-refractivity contribution in [2.45, 2.75) is 24.6 Å². The summed E-state index contributed by atoms with van der Waals surface area (Å²) in [5.41, 5.74) is 3.28. The molecule has 1 amide bonds. The molecule has 1 N–H and O–H groups in total. The fourth-order valence-electron chi connectivity index (χ4n) is 3.87. The summed E-state index contributed by atoms with van der Waals surface area (Å²) < 4.78 is 80.7. The van der Waals surface area contributed by atoms with E-state index in [-0.39, 0.29) is 24.5 Å². The van der Waals surface area contributed by atoms with Crippen molar-refractivity contribution in [1.82, 2.24) is 14.9 Å². The number of alkyl halides is 5. The van der Waals surface area contributed by atoms with Crippen molar-refractivity contribution < 1.29 is 45.8 Å². The number of fused-ring (bicyclic) bond motifs is 1. The molecule has 1 aliphatic rings. The molecule has 1 saturated heterocycles. The lowest BCUT2D eigenvalue weighted by Gasteiger charge is -2.38. The minimum atomic E-state index is -5.08. The van der Waals surface area contributed by atoms with Crippen LogP contribution < -0.4 is 4.74 Å². The molecule has 0 bridgehead atoms. The van der Waals surface area contributed by atoms with Crippen LogP contribution in [0, 0.1) is 5.82 Å². The lowest BCUT2D eigenvalue weighted by atomic mass is 9.99. The number of nitrogens with zero attached hydrogens (tertiary/aromatic N) is 3. The van der Waals surface area contributed by atoms with Gasteiger partial charge in [-0.3, -0.25) is 4.79 Å². The van der Waals surface area contributed by atoms with Crippen LogP contribution in [0.4, 0.5) is 26.3 Å². The normalized spacial score (nSPS) is 16.6. The van der Waals surface area contributed by atoms with Crippen molar-refractivity contribution in [3.8, 4) is 17.1 Å². The largest absolute Gasteiger partial charge is 0.490 e. The van der Waals surface area contributed by atoms with Gasteiger partial charge in [0, 0.05) is 35.4 Å². The van der Waals surface area contributed by atoms with E-state index in [1.807, 2.05) is 12.1 Å². The molecule has 0 spiro atoms. The van der Waals surface area contributed by atoms with Crippen LogP contribution in [-0.4, -0.2) is 63.1 Å². The first-order valence-electron chi connectivity index (χ1n) is 11.5. The molecular weight excluding hydrogens is 564 g/mol. The van der Waals surface area contributed by atoms with Gasteiger partial charge in [0.15, 0.2) is 6.10 Å². The summed E-state index contributed by atoms with van der Waals surface area (Å²) in [5, 5.41) is 9.73. The van der Waals surface area contributed by atoms with Gasteiger partial charge in [0.25, 0.3) is 11.8 Å². The number of amides is 1. The number of aromatic nitrogens is 2. The highest BCUT2D eigenvalue weighted by Crippen LogP contribution is 2.34. The van der Waals surface area contributed by atoms with Gasteiger partial charge in [-0.15, -0.1) is 11.3 Å². The number of rotatable bonds is 4. The molecule has 14 heteroatoms. The first kappa shape index (κ1) is 28.8. The van der Waals surface area contributed by atoms with Crippen LogP contribution in [0.2, 0.25) is 0 Å². The third-order valence-electron chi connectivity index (χ3n) is 5.86. The molecule has 1 aliphatic heterocycles. The molecule has 1 unspecified atom stereocenters. The van der Waals surface area contributed by atoms with Crippen molar-refractivity contribution in [1.29, 1.82) is 0 Å². The third kappa shape index (κ3) is 6.68. The van der Waals surface area contributed by atoms with Crippen LogP contribution in [-0.2, 0) is 4.79 Å². The second-order valence-electron chi connectivity index (χ2n) is 8.58. The molecule has 2 aromatic carbocycles. The summed E-state index contributed by atoms with van der Waals surface area (Å²) in [4.78, 5) is 31.9. The number of carboxylic acid groups (broad SMARTS) is 1. The van der Waals surface area contributed by atoms with Crippen molar-refractivity contribution in [2.24, 2.45) is 0 Å². The number of aliphatic carboxylic acids is 1. The van der Waals surface area contributed by atoms with Crippen molar-refractivity contribution in [3.05, 3.63) is 76.9 Å². The Morgan fingerprint density at radius 1 is 1.10 bits per heavy atom. The Labute approximate surface area is 226 Å². The van der Waals surface area contributed by atoms with Crippen LogP contribution in [0.25, 0.3) is 22.2 Å². The predicted molar refractivity (Wildman–Crippen MR) is 133 cm³/mol. The number of hydrogen-bond acceptors (Lipinski definition) is 6. The number of carbonyl (C=O) groups is 2. The molecule has 1 fully saturated rings. The van der Waals surface area contributed by atoms with E-state index >= 15 is 0 Å². The minimum absolute atomic E-state index is 0.0570. The fourth-order valence-corrected chi connectivity index (χ4v) is 4.42. The van der Waals surface area contributed by atoms with Gasteiger partial charge < -0.3 is 14.7 Å². The van der Waals surface area contributed by atoms with Crippen LogP contribution in [0.3, 0.4) is 0 Å². The molecule has 0 radical (unpaired) electrons. The molecule has 40 heavy (non-hydrogen) atoms. The number of thiazole rings is 1. The zero-order valence-electron chi connectivity index (χ0n) is 20.2. The minimum Gasteiger partial charge on any atom is -0.475 e. The van der Waals surface area contributed by atoms with E-state index in [2.05, 4.69) is 9.97 Å². The second-order valence-corrected chi connectivity index (χ2v) is 9.30. The topological polar surface area (TPSA) is 92.6 Å². The number of carbonyl (C=O) groups excluding carboxylic acids is 1. The zero-order chi connectivity index (χ0) is 29.1. The molecule has 3 heterocycles.